The van der Waals surface area contributed by atoms with Crippen LogP contribution in [0.1, 0.15) is 51.2 Å². The van der Waals surface area contributed by atoms with Crippen LogP contribution in [0.4, 0.5) is 0 Å². The summed E-state index contributed by atoms with van der Waals surface area (Å²) < 4.78 is 0. The molecule has 18 heavy (non-hydrogen) atoms. The zero-order valence-corrected chi connectivity index (χ0v) is 13.2. The van der Waals surface area contributed by atoms with Gasteiger partial charge in [0.1, 0.15) is 5.01 Å². The molecule has 0 saturated heterocycles. The number of hydrogen-bond donors (Lipinski definition) is 1. The Morgan fingerprint density at radius 2 is 2.11 bits per heavy atom. The van der Waals surface area contributed by atoms with Gasteiger partial charge in [-0.05, 0) is 40.3 Å². The molecule has 0 fully saturated rings. The minimum absolute atomic E-state index is 0.240. The van der Waals surface area contributed by atoms with Gasteiger partial charge in [0.15, 0.2) is 0 Å². The fraction of sp³-hybridized carbons (Fsp3) is 0.786. The molecule has 1 aromatic rings. The molecule has 104 valence electrons. The van der Waals surface area contributed by atoms with Crippen LogP contribution in [0.5, 0.6) is 0 Å². The zero-order chi connectivity index (χ0) is 13.6. The van der Waals surface area contributed by atoms with Gasteiger partial charge in [-0.2, -0.15) is 0 Å². The average Bonchev–Trinajstić information content (AvgIpc) is 2.77. The van der Waals surface area contributed by atoms with Gasteiger partial charge in [0.2, 0.25) is 0 Å². The van der Waals surface area contributed by atoms with Gasteiger partial charge in [-0.25, -0.2) is 4.98 Å². The number of hydrogen-bond acceptors (Lipinski definition) is 4. The van der Waals surface area contributed by atoms with Crippen LogP contribution in [-0.2, 0) is 13.1 Å². The Bertz CT molecular complexity index is 347. The third-order valence-corrected chi connectivity index (χ3v) is 4.50. The second-order valence-corrected chi connectivity index (χ2v) is 6.37. The lowest BCUT2D eigenvalue weighted by Gasteiger charge is -2.34. The molecule has 1 rings (SSSR count). The van der Waals surface area contributed by atoms with E-state index in [1.165, 1.54) is 17.1 Å². The highest BCUT2D eigenvalue weighted by Gasteiger charge is 2.21. The van der Waals surface area contributed by atoms with E-state index < -0.39 is 0 Å². The molecule has 0 unspecified atom stereocenters. The maximum absolute atomic E-state index is 4.68. The van der Waals surface area contributed by atoms with Crippen molar-refractivity contribution < 1.29 is 0 Å². The number of rotatable bonds is 8. The quantitative estimate of drug-likeness (QED) is 0.734. The lowest BCUT2D eigenvalue weighted by Crippen LogP contribution is -2.39. The molecule has 0 aliphatic carbocycles. The second-order valence-electron chi connectivity index (χ2n) is 5.43. The maximum Gasteiger partial charge on any atom is 0.107 e. The van der Waals surface area contributed by atoms with E-state index in [9.17, 15) is 0 Å². The van der Waals surface area contributed by atoms with Crippen molar-refractivity contribution in [1.82, 2.24) is 15.2 Å². The van der Waals surface area contributed by atoms with Crippen molar-refractivity contribution in [1.29, 1.82) is 0 Å². The summed E-state index contributed by atoms with van der Waals surface area (Å²) in [6.45, 7) is 11.9. The Hall–Kier alpha value is -0.450. The molecule has 0 aromatic carbocycles. The predicted octanol–water partition coefficient (Wildman–Crippen LogP) is 3.26. The molecular weight excluding hydrogens is 242 g/mol. The van der Waals surface area contributed by atoms with Crippen LogP contribution in [0.15, 0.2) is 5.38 Å². The number of nitrogens with one attached hydrogen (secondary N) is 1. The summed E-state index contributed by atoms with van der Waals surface area (Å²) in [7, 11) is 2.18. The molecule has 0 amide bonds. The number of thiazole rings is 1. The van der Waals surface area contributed by atoms with Gasteiger partial charge < -0.3 is 5.32 Å². The highest BCUT2D eigenvalue weighted by molar-refractivity contribution is 7.09. The molecule has 0 bridgehead atoms. The van der Waals surface area contributed by atoms with Gasteiger partial charge >= 0.3 is 0 Å². The lowest BCUT2D eigenvalue weighted by atomic mass is 10.00. The highest BCUT2D eigenvalue weighted by Crippen LogP contribution is 2.20. The Labute approximate surface area is 116 Å². The van der Waals surface area contributed by atoms with Crippen molar-refractivity contribution in [2.45, 2.75) is 59.2 Å². The molecule has 4 heteroatoms. The van der Waals surface area contributed by atoms with E-state index in [4.69, 9.17) is 0 Å². The molecule has 0 radical (unpaired) electrons. The van der Waals surface area contributed by atoms with Gasteiger partial charge in [0, 0.05) is 24.0 Å². The van der Waals surface area contributed by atoms with Crippen LogP contribution in [-0.4, -0.2) is 29.0 Å². The van der Waals surface area contributed by atoms with Crippen LogP contribution in [0.3, 0.4) is 0 Å². The van der Waals surface area contributed by atoms with Gasteiger partial charge in [-0.1, -0.05) is 13.8 Å². The molecule has 0 aliphatic heterocycles. The number of nitrogens with zero attached hydrogens (tertiary/aromatic N) is 2. The monoisotopic (exact) mass is 269 g/mol. The van der Waals surface area contributed by atoms with Crippen LogP contribution in [0.25, 0.3) is 0 Å². The van der Waals surface area contributed by atoms with Crippen LogP contribution in [0.2, 0.25) is 0 Å². The largest absolute Gasteiger partial charge is 0.310 e. The smallest absolute Gasteiger partial charge is 0.107 e. The van der Waals surface area contributed by atoms with Crippen molar-refractivity contribution >= 4 is 11.3 Å². The van der Waals surface area contributed by atoms with Crippen LogP contribution < -0.4 is 5.32 Å². The molecule has 0 atom stereocenters. The first-order chi connectivity index (χ1) is 8.49. The van der Waals surface area contributed by atoms with Gasteiger partial charge in [0.25, 0.3) is 0 Å². The summed E-state index contributed by atoms with van der Waals surface area (Å²) in [5, 5.41) is 6.77. The predicted molar refractivity (Wildman–Crippen MR) is 79.9 cm³/mol. The topological polar surface area (TPSA) is 28.2 Å². The molecular formula is C14H27N3S. The Morgan fingerprint density at radius 3 is 2.72 bits per heavy atom. The molecule has 0 aliphatic rings. The molecule has 1 N–H and O–H groups in total. The summed E-state index contributed by atoms with van der Waals surface area (Å²) in [6.07, 6.45) is 2.32. The standard InChI is InChI=1S/C14H27N3S/c1-6-8-15-9-13-16-12(11-18-13)10-17(5)14(3,4)7-2/h11,15H,6-10H2,1-5H3. The van der Waals surface area contributed by atoms with E-state index in [1.54, 1.807) is 11.3 Å². The first kappa shape index (κ1) is 15.6. The van der Waals surface area contributed by atoms with Crippen molar-refractivity contribution in [3.05, 3.63) is 16.1 Å². The van der Waals surface area contributed by atoms with E-state index in [2.05, 4.69) is 55.3 Å². The van der Waals surface area contributed by atoms with E-state index in [0.717, 1.165) is 26.1 Å². The van der Waals surface area contributed by atoms with Crippen LogP contribution in [0, 0.1) is 0 Å². The fourth-order valence-corrected chi connectivity index (χ4v) is 2.36. The molecule has 0 saturated carbocycles. The minimum atomic E-state index is 0.240. The lowest BCUT2D eigenvalue weighted by molar-refractivity contribution is 0.141. The second kappa shape index (κ2) is 7.22. The van der Waals surface area contributed by atoms with E-state index >= 15 is 0 Å². The first-order valence-electron chi connectivity index (χ1n) is 6.84. The van der Waals surface area contributed by atoms with E-state index in [0.29, 0.717) is 0 Å². The molecule has 1 heterocycles. The summed E-state index contributed by atoms with van der Waals surface area (Å²) in [6, 6.07) is 0. The molecule has 0 spiro atoms. The van der Waals surface area contributed by atoms with E-state index in [-0.39, 0.29) is 5.54 Å². The fourth-order valence-electron chi connectivity index (χ4n) is 1.60. The van der Waals surface area contributed by atoms with Gasteiger partial charge in [-0.15, -0.1) is 11.3 Å². The normalized spacial score (nSPS) is 12.3. The minimum Gasteiger partial charge on any atom is -0.310 e. The zero-order valence-electron chi connectivity index (χ0n) is 12.4. The highest BCUT2D eigenvalue weighted by atomic mass is 32.1. The Kier molecular flexibility index (Phi) is 6.26. The Balaban J connectivity index is 2.48. The van der Waals surface area contributed by atoms with Crippen molar-refractivity contribution in [2.24, 2.45) is 0 Å². The third-order valence-electron chi connectivity index (χ3n) is 3.60. The Morgan fingerprint density at radius 1 is 1.39 bits per heavy atom. The third kappa shape index (κ3) is 4.67. The van der Waals surface area contributed by atoms with Crippen molar-refractivity contribution in [2.75, 3.05) is 13.6 Å². The maximum atomic E-state index is 4.68. The number of aromatic nitrogens is 1. The van der Waals surface area contributed by atoms with Crippen molar-refractivity contribution in [3.63, 3.8) is 0 Å². The van der Waals surface area contributed by atoms with Gasteiger partial charge in [0.05, 0.1) is 5.69 Å². The van der Waals surface area contributed by atoms with E-state index in [1.807, 2.05) is 0 Å². The summed E-state index contributed by atoms with van der Waals surface area (Å²) in [4.78, 5) is 7.06. The van der Waals surface area contributed by atoms with Crippen LogP contribution >= 0.6 is 11.3 Å². The molecule has 3 nitrogen and oxygen atoms in total. The average molecular weight is 269 g/mol. The van der Waals surface area contributed by atoms with Crippen molar-refractivity contribution in [3.8, 4) is 0 Å². The SMILES string of the molecule is CCCNCc1nc(CN(C)C(C)(C)CC)cs1. The summed E-state index contributed by atoms with van der Waals surface area (Å²) in [5.74, 6) is 0. The summed E-state index contributed by atoms with van der Waals surface area (Å²) >= 11 is 1.76. The summed E-state index contributed by atoms with van der Waals surface area (Å²) in [5.41, 5.74) is 1.43. The van der Waals surface area contributed by atoms with Gasteiger partial charge in [-0.3, -0.25) is 4.90 Å². The molecule has 1 aromatic heterocycles. The first-order valence-corrected chi connectivity index (χ1v) is 7.72.